The number of carbonyl (C=O) groups is 1. The maximum atomic E-state index is 12.8. The summed E-state index contributed by atoms with van der Waals surface area (Å²) in [6, 6.07) is 9.27. The second kappa shape index (κ2) is 10.6. The van der Waals surface area contributed by atoms with Crippen LogP contribution < -0.4 is 20.5 Å². The number of hydrogen-bond donors (Lipinski definition) is 2. The molecule has 11 heteroatoms. The molecule has 7 nitrogen and oxygen atoms in total. The molecule has 34 heavy (non-hydrogen) atoms. The van der Waals surface area contributed by atoms with Gasteiger partial charge in [0.15, 0.2) is 23.0 Å². The maximum absolute atomic E-state index is 12.8. The van der Waals surface area contributed by atoms with Crippen LogP contribution in [-0.2, 0) is 13.1 Å². The number of alkyl halides is 2. The van der Waals surface area contributed by atoms with E-state index in [9.17, 15) is 13.6 Å². The van der Waals surface area contributed by atoms with Gasteiger partial charge in [-0.1, -0.05) is 29.3 Å². The molecule has 1 amide bonds. The quantitative estimate of drug-likeness (QED) is 0.376. The van der Waals surface area contributed by atoms with E-state index in [-0.39, 0.29) is 41.9 Å². The van der Waals surface area contributed by atoms with Crippen LogP contribution in [0.3, 0.4) is 0 Å². The molecule has 1 heterocycles. The van der Waals surface area contributed by atoms with Gasteiger partial charge in [-0.05, 0) is 54.7 Å². The number of amides is 1. The van der Waals surface area contributed by atoms with Crippen molar-refractivity contribution in [3.8, 4) is 23.0 Å². The summed E-state index contributed by atoms with van der Waals surface area (Å²) >= 11 is 12.0. The third kappa shape index (κ3) is 5.97. The van der Waals surface area contributed by atoms with Crippen LogP contribution in [0.25, 0.3) is 11.5 Å². The number of ether oxygens (including phenoxy) is 2. The predicted molar refractivity (Wildman–Crippen MR) is 122 cm³/mol. The minimum absolute atomic E-state index is 0.0101. The fraction of sp³-hybridized carbons (Fsp3) is 0.304. The smallest absolute Gasteiger partial charge is 0.387 e. The number of oxazole rings is 1. The third-order valence-electron chi connectivity index (χ3n) is 5.13. The summed E-state index contributed by atoms with van der Waals surface area (Å²) in [4.78, 5) is 17.0. The van der Waals surface area contributed by atoms with E-state index in [1.165, 1.54) is 18.2 Å². The number of carbonyl (C=O) groups excluding carboxylic acids is 1. The van der Waals surface area contributed by atoms with Crippen LogP contribution in [0.4, 0.5) is 8.78 Å². The molecule has 2 aromatic carbocycles. The zero-order valence-corrected chi connectivity index (χ0v) is 19.3. The van der Waals surface area contributed by atoms with Crippen molar-refractivity contribution in [1.29, 1.82) is 0 Å². The number of nitrogens with zero attached hydrogens (tertiary/aromatic N) is 1. The topological polar surface area (TPSA) is 99.6 Å². The minimum Gasteiger partial charge on any atom is -0.489 e. The first-order valence-corrected chi connectivity index (χ1v) is 11.2. The molecule has 1 saturated carbocycles. The van der Waals surface area contributed by atoms with Crippen LogP contribution in [0, 0.1) is 5.92 Å². The molecular formula is C23H21Cl2F2N3O4. The van der Waals surface area contributed by atoms with Gasteiger partial charge in [-0.3, -0.25) is 4.79 Å². The van der Waals surface area contributed by atoms with E-state index in [1.54, 1.807) is 18.2 Å². The molecule has 0 unspecified atom stereocenters. The van der Waals surface area contributed by atoms with Crippen molar-refractivity contribution in [2.24, 2.45) is 11.7 Å². The second-order valence-corrected chi connectivity index (χ2v) is 8.55. The fourth-order valence-corrected chi connectivity index (χ4v) is 3.63. The van der Waals surface area contributed by atoms with Crippen molar-refractivity contribution in [3.63, 3.8) is 0 Å². The Labute approximate surface area is 204 Å². The van der Waals surface area contributed by atoms with Crippen LogP contribution in [0.5, 0.6) is 11.5 Å². The highest BCUT2D eigenvalue weighted by Crippen LogP contribution is 2.36. The Morgan fingerprint density at radius 1 is 1.21 bits per heavy atom. The summed E-state index contributed by atoms with van der Waals surface area (Å²) in [5, 5.41) is 3.62. The van der Waals surface area contributed by atoms with Crippen molar-refractivity contribution in [1.82, 2.24) is 10.3 Å². The second-order valence-electron chi connectivity index (χ2n) is 7.71. The van der Waals surface area contributed by atoms with Gasteiger partial charge in [-0.25, -0.2) is 4.98 Å². The molecule has 1 aliphatic carbocycles. The summed E-state index contributed by atoms with van der Waals surface area (Å²) < 4.78 is 41.5. The van der Waals surface area contributed by atoms with Crippen molar-refractivity contribution in [2.75, 3.05) is 6.61 Å². The molecule has 1 fully saturated rings. The number of hydrogen-bond acceptors (Lipinski definition) is 6. The summed E-state index contributed by atoms with van der Waals surface area (Å²) in [6.07, 6.45) is 2.06. The van der Waals surface area contributed by atoms with Gasteiger partial charge in [0.25, 0.3) is 5.91 Å². The number of rotatable bonds is 10. The van der Waals surface area contributed by atoms with Gasteiger partial charge >= 0.3 is 6.61 Å². The Morgan fingerprint density at radius 2 is 2.00 bits per heavy atom. The summed E-state index contributed by atoms with van der Waals surface area (Å²) in [5.41, 5.74) is 6.85. The largest absolute Gasteiger partial charge is 0.489 e. The molecule has 4 rings (SSSR count). The summed E-state index contributed by atoms with van der Waals surface area (Å²) in [7, 11) is 0. The van der Waals surface area contributed by atoms with E-state index in [2.05, 4.69) is 15.0 Å². The molecule has 180 valence electrons. The Balaban J connectivity index is 1.54. The van der Waals surface area contributed by atoms with E-state index < -0.39 is 12.5 Å². The van der Waals surface area contributed by atoms with Gasteiger partial charge < -0.3 is 24.9 Å². The van der Waals surface area contributed by atoms with Crippen LogP contribution in [0.2, 0.25) is 10.0 Å². The molecule has 3 aromatic rings. The van der Waals surface area contributed by atoms with Crippen LogP contribution in [0.1, 0.15) is 34.7 Å². The maximum Gasteiger partial charge on any atom is 0.387 e. The number of benzene rings is 2. The van der Waals surface area contributed by atoms with Gasteiger partial charge in [0.05, 0.1) is 13.2 Å². The molecular weight excluding hydrogens is 491 g/mol. The average Bonchev–Trinajstić information content (AvgIpc) is 3.53. The lowest BCUT2D eigenvalue weighted by molar-refractivity contribution is -0.0515. The van der Waals surface area contributed by atoms with E-state index in [0.717, 1.165) is 12.8 Å². The van der Waals surface area contributed by atoms with Crippen LogP contribution in [0.15, 0.2) is 40.8 Å². The van der Waals surface area contributed by atoms with E-state index >= 15 is 0 Å². The van der Waals surface area contributed by atoms with Gasteiger partial charge in [0, 0.05) is 22.2 Å². The van der Waals surface area contributed by atoms with Gasteiger partial charge in [0.2, 0.25) is 5.89 Å². The highest BCUT2D eigenvalue weighted by molar-refractivity contribution is 6.35. The van der Waals surface area contributed by atoms with Crippen molar-refractivity contribution in [2.45, 2.75) is 32.5 Å². The van der Waals surface area contributed by atoms with Crippen molar-refractivity contribution < 1.29 is 27.5 Å². The average molecular weight is 512 g/mol. The number of aromatic nitrogens is 1. The molecule has 0 saturated heterocycles. The number of nitrogens with one attached hydrogen (secondary N) is 1. The van der Waals surface area contributed by atoms with Gasteiger partial charge in [-0.15, -0.1) is 0 Å². The molecule has 0 bridgehead atoms. The summed E-state index contributed by atoms with van der Waals surface area (Å²) in [5.74, 6) is 0.198. The standard InChI is InChI=1S/C23H21Cl2F2N3O4/c24-15-5-3-14(16(25)8-15)10-29-21(31)20-19(9-28)33-22(30-20)13-4-6-17(34-23(26)27)18(7-13)32-11-12-1-2-12/h3-8,12,23H,1-2,9-11,28H2,(H,29,31). The summed E-state index contributed by atoms with van der Waals surface area (Å²) in [6.45, 7) is -2.54. The Hall–Kier alpha value is -2.88. The van der Waals surface area contributed by atoms with Crippen LogP contribution >= 0.6 is 23.2 Å². The lowest BCUT2D eigenvalue weighted by Crippen LogP contribution is -2.24. The molecule has 3 N–H and O–H groups in total. The zero-order chi connectivity index (χ0) is 24.2. The van der Waals surface area contributed by atoms with Crippen molar-refractivity contribution >= 4 is 29.1 Å². The van der Waals surface area contributed by atoms with Gasteiger partial charge in [0.1, 0.15) is 0 Å². The Morgan fingerprint density at radius 3 is 2.68 bits per heavy atom. The molecule has 1 aliphatic rings. The molecule has 0 atom stereocenters. The number of halogens is 4. The highest BCUT2D eigenvalue weighted by Gasteiger charge is 2.24. The zero-order valence-electron chi connectivity index (χ0n) is 17.8. The number of nitrogens with two attached hydrogens (primary N) is 1. The monoisotopic (exact) mass is 511 g/mol. The van der Waals surface area contributed by atoms with E-state index in [4.69, 9.17) is 38.1 Å². The highest BCUT2D eigenvalue weighted by atomic mass is 35.5. The normalized spacial score (nSPS) is 13.2. The SMILES string of the molecule is NCc1oc(-c2ccc(OC(F)F)c(OCC3CC3)c2)nc1C(=O)NCc1ccc(Cl)cc1Cl. The first-order chi connectivity index (χ1) is 16.3. The minimum atomic E-state index is -3.00. The lowest BCUT2D eigenvalue weighted by atomic mass is 10.2. The van der Waals surface area contributed by atoms with Crippen LogP contribution in [-0.4, -0.2) is 24.1 Å². The van der Waals surface area contributed by atoms with E-state index in [1.807, 2.05) is 0 Å². The third-order valence-corrected chi connectivity index (χ3v) is 5.72. The van der Waals surface area contributed by atoms with E-state index in [0.29, 0.717) is 33.7 Å². The lowest BCUT2D eigenvalue weighted by Gasteiger charge is -2.12. The Bertz CT molecular complexity index is 1190. The van der Waals surface area contributed by atoms with Crippen molar-refractivity contribution in [3.05, 3.63) is 63.5 Å². The van der Waals surface area contributed by atoms with Gasteiger partial charge in [-0.2, -0.15) is 8.78 Å². The first-order valence-electron chi connectivity index (χ1n) is 10.5. The molecule has 0 radical (unpaired) electrons. The molecule has 0 spiro atoms. The molecule has 0 aliphatic heterocycles. The Kier molecular flexibility index (Phi) is 7.55. The fourth-order valence-electron chi connectivity index (χ4n) is 3.15. The predicted octanol–water partition coefficient (Wildman–Crippen LogP) is 5.43. The molecule has 1 aromatic heterocycles. The first kappa shape index (κ1) is 24.3.